The van der Waals surface area contributed by atoms with E-state index in [0.29, 0.717) is 22.8 Å². The second-order valence-corrected chi connectivity index (χ2v) is 6.69. The molecule has 142 valence electrons. The van der Waals surface area contributed by atoms with Crippen LogP contribution in [-0.4, -0.2) is 33.1 Å². The lowest BCUT2D eigenvalue weighted by molar-refractivity contribution is 0.0469. The number of aromatic nitrogens is 3. The smallest absolute Gasteiger partial charge is 0.355 e. The maximum Gasteiger partial charge on any atom is 0.355 e. The van der Waals surface area contributed by atoms with Gasteiger partial charge in [-0.05, 0) is 39.0 Å². The molecule has 1 aromatic carbocycles. The molecule has 0 fully saturated rings. The summed E-state index contributed by atoms with van der Waals surface area (Å²) in [6.07, 6.45) is 0. The number of aromatic amines is 1. The zero-order valence-electron chi connectivity index (χ0n) is 15.8. The number of aryl methyl sites for hydroxylation is 2. The number of para-hydroxylation sites is 1. The summed E-state index contributed by atoms with van der Waals surface area (Å²) < 4.78 is 12.2. The predicted molar refractivity (Wildman–Crippen MR) is 103 cm³/mol. The van der Waals surface area contributed by atoms with E-state index in [4.69, 9.17) is 9.26 Å². The van der Waals surface area contributed by atoms with Crippen LogP contribution in [0.5, 0.6) is 0 Å². The number of hydrogen-bond donors (Lipinski definition) is 1. The Hall–Kier alpha value is -3.61. The molecule has 3 aromatic heterocycles. The van der Waals surface area contributed by atoms with Crippen LogP contribution in [0.25, 0.3) is 16.7 Å². The van der Waals surface area contributed by atoms with E-state index >= 15 is 0 Å². The average Bonchev–Trinajstić information content (AvgIpc) is 3.36. The van der Waals surface area contributed by atoms with Crippen molar-refractivity contribution in [1.29, 1.82) is 0 Å². The number of benzene rings is 1. The van der Waals surface area contributed by atoms with Gasteiger partial charge < -0.3 is 14.2 Å². The summed E-state index contributed by atoms with van der Waals surface area (Å²) in [5.74, 6) is 0.457. The first kappa shape index (κ1) is 17.8. The van der Waals surface area contributed by atoms with E-state index in [9.17, 15) is 9.59 Å². The molecular formula is C21H19N3O4. The van der Waals surface area contributed by atoms with Crippen molar-refractivity contribution in [1.82, 2.24) is 14.7 Å². The zero-order chi connectivity index (χ0) is 19.8. The van der Waals surface area contributed by atoms with Crippen molar-refractivity contribution < 1.29 is 18.8 Å². The van der Waals surface area contributed by atoms with Crippen molar-refractivity contribution in [3.63, 3.8) is 0 Å². The van der Waals surface area contributed by atoms with Gasteiger partial charge in [0.2, 0.25) is 5.78 Å². The van der Waals surface area contributed by atoms with Crippen molar-refractivity contribution in [3.8, 4) is 5.82 Å². The molecule has 0 saturated heterocycles. The Labute approximate surface area is 160 Å². The van der Waals surface area contributed by atoms with Crippen molar-refractivity contribution in [3.05, 3.63) is 70.9 Å². The van der Waals surface area contributed by atoms with Crippen LogP contribution < -0.4 is 0 Å². The predicted octanol–water partition coefficient (Wildman–Crippen LogP) is 3.91. The summed E-state index contributed by atoms with van der Waals surface area (Å²) in [4.78, 5) is 27.9. The van der Waals surface area contributed by atoms with Gasteiger partial charge in [-0.1, -0.05) is 23.4 Å². The monoisotopic (exact) mass is 377 g/mol. The molecule has 0 bridgehead atoms. The maximum absolute atomic E-state index is 12.6. The first-order chi connectivity index (χ1) is 13.4. The third-order valence-electron chi connectivity index (χ3n) is 4.66. The quantitative estimate of drug-likeness (QED) is 0.421. The Morgan fingerprint density at radius 1 is 1.14 bits per heavy atom. The van der Waals surface area contributed by atoms with Gasteiger partial charge in [0.25, 0.3) is 0 Å². The number of ketones is 1. The van der Waals surface area contributed by atoms with Crippen LogP contribution in [0.15, 0.2) is 47.0 Å². The Morgan fingerprint density at radius 3 is 2.64 bits per heavy atom. The summed E-state index contributed by atoms with van der Waals surface area (Å²) in [5, 5.41) is 4.91. The number of fused-ring (bicyclic) bond motifs is 1. The molecule has 28 heavy (non-hydrogen) atoms. The molecular weight excluding hydrogens is 358 g/mol. The number of nitrogens with one attached hydrogen (secondary N) is 1. The Morgan fingerprint density at radius 2 is 1.93 bits per heavy atom. The molecule has 0 spiro atoms. The highest BCUT2D eigenvalue weighted by Gasteiger charge is 2.20. The van der Waals surface area contributed by atoms with E-state index < -0.39 is 5.97 Å². The lowest BCUT2D eigenvalue weighted by Gasteiger charge is -2.05. The summed E-state index contributed by atoms with van der Waals surface area (Å²) >= 11 is 0. The van der Waals surface area contributed by atoms with Gasteiger partial charge in [0.1, 0.15) is 11.5 Å². The molecule has 4 rings (SSSR count). The molecule has 0 amide bonds. The topological polar surface area (TPSA) is 90.1 Å². The largest absolute Gasteiger partial charge is 0.453 e. The van der Waals surface area contributed by atoms with Gasteiger partial charge in [-0.2, -0.15) is 0 Å². The molecule has 0 unspecified atom stereocenters. The van der Waals surface area contributed by atoms with Crippen molar-refractivity contribution >= 4 is 22.7 Å². The van der Waals surface area contributed by atoms with E-state index in [-0.39, 0.29) is 12.4 Å². The van der Waals surface area contributed by atoms with E-state index in [2.05, 4.69) is 10.1 Å². The molecule has 0 atom stereocenters. The molecule has 0 aliphatic carbocycles. The number of H-pyrrole nitrogens is 1. The summed E-state index contributed by atoms with van der Waals surface area (Å²) in [6, 6.07) is 12.8. The Balaban J connectivity index is 1.50. The number of esters is 1. The molecule has 0 radical (unpaired) electrons. The normalized spacial score (nSPS) is 11.1. The number of ether oxygens (including phenoxy) is 1. The lowest BCUT2D eigenvalue weighted by Crippen LogP contribution is -2.15. The minimum Gasteiger partial charge on any atom is -0.453 e. The third kappa shape index (κ3) is 3.11. The SMILES string of the molecule is Cc1cc(-n2c(C)cc(C(=O)COC(=O)c3cc4ccccc4[nH]3)c2C)no1. The number of hydrogen-bond acceptors (Lipinski definition) is 5. The van der Waals surface area contributed by atoms with E-state index in [0.717, 1.165) is 22.3 Å². The van der Waals surface area contributed by atoms with Crippen LogP contribution in [0, 0.1) is 20.8 Å². The van der Waals surface area contributed by atoms with Crippen LogP contribution in [-0.2, 0) is 4.74 Å². The highest BCUT2D eigenvalue weighted by molar-refractivity contribution is 6.01. The van der Waals surface area contributed by atoms with Crippen molar-refractivity contribution in [2.24, 2.45) is 0 Å². The number of carbonyl (C=O) groups is 2. The number of carbonyl (C=O) groups excluding carboxylic acids is 2. The Kier molecular flexibility index (Phi) is 4.35. The van der Waals surface area contributed by atoms with E-state index in [1.54, 1.807) is 25.1 Å². The van der Waals surface area contributed by atoms with Gasteiger partial charge in [0.05, 0.1) is 0 Å². The molecule has 3 heterocycles. The number of nitrogens with zero attached hydrogens (tertiary/aromatic N) is 2. The van der Waals surface area contributed by atoms with E-state index in [1.165, 1.54) is 0 Å². The van der Waals surface area contributed by atoms with Gasteiger partial charge in [-0.3, -0.25) is 9.36 Å². The third-order valence-corrected chi connectivity index (χ3v) is 4.66. The number of rotatable bonds is 5. The van der Waals surface area contributed by atoms with E-state index in [1.807, 2.05) is 42.7 Å². The van der Waals surface area contributed by atoms with Crippen LogP contribution in [0.2, 0.25) is 0 Å². The Bertz CT molecular complexity index is 1160. The van der Waals surface area contributed by atoms with Gasteiger partial charge in [-0.15, -0.1) is 0 Å². The maximum atomic E-state index is 12.6. The minimum absolute atomic E-state index is 0.274. The summed E-state index contributed by atoms with van der Waals surface area (Å²) in [5.41, 5.74) is 3.21. The second-order valence-electron chi connectivity index (χ2n) is 6.69. The second kappa shape index (κ2) is 6.84. The van der Waals surface area contributed by atoms with Gasteiger partial charge in [0.15, 0.2) is 12.4 Å². The molecule has 0 aliphatic rings. The zero-order valence-corrected chi connectivity index (χ0v) is 15.8. The first-order valence-electron chi connectivity index (χ1n) is 8.85. The van der Waals surface area contributed by atoms with Gasteiger partial charge in [-0.25, -0.2) is 4.79 Å². The van der Waals surface area contributed by atoms with Gasteiger partial charge in [0, 0.05) is 33.9 Å². The molecule has 7 nitrogen and oxygen atoms in total. The molecule has 0 aliphatic heterocycles. The first-order valence-corrected chi connectivity index (χ1v) is 8.85. The van der Waals surface area contributed by atoms with Crippen LogP contribution in [0.4, 0.5) is 0 Å². The van der Waals surface area contributed by atoms with Crippen molar-refractivity contribution in [2.75, 3.05) is 6.61 Å². The molecule has 0 saturated carbocycles. The van der Waals surface area contributed by atoms with Crippen LogP contribution >= 0.6 is 0 Å². The highest BCUT2D eigenvalue weighted by Crippen LogP contribution is 2.21. The fraction of sp³-hybridized carbons (Fsp3) is 0.190. The molecule has 4 aromatic rings. The fourth-order valence-electron chi connectivity index (χ4n) is 3.33. The van der Waals surface area contributed by atoms with Gasteiger partial charge >= 0.3 is 5.97 Å². The lowest BCUT2D eigenvalue weighted by atomic mass is 10.1. The fourth-order valence-corrected chi connectivity index (χ4v) is 3.33. The highest BCUT2D eigenvalue weighted by atomic mass is 16.5. The molecule has 7 heteroatoms. The van der Waals surface area contributed by atoms with Crippen LogP contribution in [0.3, 0.4) is 0 Å². The standard InChI is InChI=1S/C21H19N3O4/c1-12-8-16(14(3)24(12)20-9-13(2)28-23-20)19(25)11-27-21(26)18-10-15-6-4-5-7-17(15)22-18/h4-10,22H,11H2,1-3H3. The summed E-state index contributed by atoms with van der Waals surface area (Å²) in [7, 11) is 0. The average molecular weight is 377 g/mol. The minimum atomic E-state index is -0.564. The summed E-state index contributed by atoms with van der Waals surface area (Å²) in [6.45, 7) is 5.17. The van der Waals surface area contributed by atoms with Crippen molar-refractivity contribution in [2.45, 2.75) is 20.8 Å². The van der Waals surface area contributed by atoms with Crippen LogP contribution in [0.1, 0.15) is 38.0 Å². The molecule has 1 N–H and O–H groups in total. The number of Topliss-reactive ketones (excluding diaryl/α,β-unsaturated/α-hetero) is 1.